The van der Waals surface area contributed by atoms with Crippen LogP contribution in [0.25, 0.3) is 0 Å². The van der Waals surface area contributed by atoms with E-state index in [-0.39, 0.29) is 23.5 Å². The molecular formula is C18H13ClFN3O3. The Labute approximate surface area is 153 Å². The zero-order valence-corrected chi connectivity index (χ0v) is 14.4. The fraction of sp³-hybridized carbons (Fsp3) is 0.111. The lowest BCUT2D eigenvalue weighted by molar-refractivity contribution is -0.132. The summed E-state index contributed by atoms with van der Waals surface area (Å²) in [6.45, 7) is -0.107. The molecule has 2 aromatic rings. The molecule has 0 saturated heterocycles. The maximum atomic E-state index is 14.3. The van der Waals surface area contributed by atoms with E-state index in [0.717, 1.165) is 7.11 Å². The van der Waals surface area contributed by atoms with Crippen molar-refractivity contribution in [3.63, 3.8) is 0 Å². The smallest absolute Gasteiger partial charge is 0.362 e. The number of oxime groups is 1. The summed E-state index contributed by atoms with van der Waals surface area (Å²) < 4.78 is 18.9. The minimum absolute atomic E-state index is 0.0780. The minimum atomic E-state index is -0.862. The van der Waals surface area contributed by atoms with E-state index in [9.17, 15) is 14.4 Å². The highest BCUT2D eigenvalue weighted by atomic mass is 35.5. The van der Waals surface area contributed by atoms with Gasteiger partial charge in [-0.15, -0.1) is 0 Å². The van der Waals surface area contributed by atoms with Gasteiger partial charge in [-0.25, -0.2) is 14.2 Å². The van der Waals surface area contributed by atoms with Crippen LogP contribution < -0.4 is 0 Å². The van der Waals surface area contributed by atoms with Gasteiger partial charge in [-0.3, -0.25) is 4.99 Å². The number of hydrogen-bond donors (Lipinski definition) is 1. The molecule has 1 heterocycles. The van der Waals surface area contributed by atoms with Crippen LogP contribution in [0.3, 0.4) is 0 Å². The van der Waals surface area contributed by atoms with Crippen LogP contribution >= 0.6 is 11.6 Å². The van der Waals surface area contributed by atoms with E-state index in [4.69, 9.17) is 11.6 Å². The normalized spacial score (nSPS) is 14.0. The maximum Gasteiger partial charge on any atom is 0.362 e. The SMILES string of the molecule is COC(=O)/C(=N\O)C1=Nc2cc(Cl)ccc2C(c2ccccc2F)=NC1. The average Bonchev–Trinajstić information content (AvgIpc) is 2.81. The molecule has 26 heavy (non-hydrogen) atoms. The van der Waals surface area contributed by atoms with Gasteiger partial charge < -0.3 is 9.94 Å². The fourth-order valence-corrected chi connectivity index (χ4v) is 2.71. The Morgan fingerprint density at radius 1 is 1.27 bits per heavy atom. The molecule has 132 valence electrons. The zero-order chi connectivity index (χ0) is 18.7. The lowest BCUT2D eigenvalue weighted by Crippen LogP contribution is -2.27. The van der Waals surface area contributed by atoms with Gasteiger partial charge in [0, 0.05) is 16.1 Å². The maximum absolute atomic E-state index is 14.3. The molecule has 0 unspecified atom stereocenters. The molecule has 0 aromatic heterocycles. The molecule has 0 bridgehead atoms. The first-order chi connectivity index (χ1) is 12.5. The van der Waals surface area contributed by atoms with Crippen molar-refractivity contribution in [2.45, 2.75) is 0 Å². The van der Waals surface area contributed by atoms with E-state index in [0.29, 0.717) is 22.0 Å². The van der Waals surface area contributed by atoms with Gasteiger partial charge in [0.1, 0.15) is 5.82 Å². The Morgan fingerprint density at radius 3 is 2.73 bits per heavy atom. The number of methoxy groups -OCH3 is 1. The lowest BCUT2D eigenvalue weighted by atomic mass is 10.0. The Hall–Kier alpha value is -3.06. The fourth-order valence-electron chi connectivity index (χ4n) is 2.54. The summed E-state index contributed by atoms with van der Waals surface area (Å²) in [5.41, 5.74) is 1.25. The molecule has 6 nitrogen and oxygen atoms in total. The second-order valence-electron chi connectivity index (χ2n) is 5.30. The first-order valence-corrected chi connectivity index (χ1v) is 7.90. The van der Waals surface area contributed by atoms with E-state index >= 15 is 0 Å². The number of esters is 1. The van der Waals surface area contributed by atoms with Crippen LogP contribution in [0.4, 0.5) is 10.1 Å². The Bertz CT molecular complexity index is 970. The van der Waals surface area contributed by atoms with Gasteiger partial charge in [0.15, 0.2) is 0 Å². The number of carbonyl (C=O) groups is 1. The van der Waals surface area contributed by atoms with Gasteiger partial charge in [-0.2, -0.15) is 0 Å². The number of ether oxygens (including phenoxy) is 1. The zero-order valence-electron chi connectivity index (χ0n) is 13.6. The monoisotopic (exact) mass is 373 g/mol. The van der Waals surface area contributed by atoms with Crippen molar-refractivity contribution < 1.29 is 19.1 Å². The summed E-state index contributed by atoms with van der Waals surface area (Å²) in [6.07, 6.45) is 0. The molecule has 0 saturated carbocycles. The molecule has 0 spiro atoms. The van der Waals surface area contributed by atoms with Crippen molar-refractivity contribution in [1.82, 2.24) is 0 Å². The van der Waals surface area contributed by atoms with Crippen LogP contribution in [-0.2, 0) is 9.53 Å². The molecule has 3 rings (SSSR count). The van der Waals surface area contributed by atoms with Crippen molar-refractivity contribution in [2.24, 2.45) is 15.1 Å². The standard InChI is InChI=1S/C18H13ClFN3O3/c1-26-18(24)17(23-25)15-9-21-16(11-4-2-3-5-13(11)20)12-7-6-10(19)8-14(12)22-15/h2-8,25H,9H2,1H3/b23-17-. The van der Waals surface area contributed by atoms with Crippen LogP contribution in [0.2, 0.25) is 5.02 Å². The molecule has 1 aliphatic rings. The van der Waals surface area contributed by atoms with Crippen LogP contribution in [0.5, 0.6) is 0 Å². The number of hydrogen-bond acceptors (Lipinski definition) is 6. The summed E-state index contributed by atoms with van der Waals surface area (Å²) in [7, 11) is 1.16. The van der Waals surface area contributed by atoms with Crippen LogP contribution in [0, 0.1) is 5.82 Å². The number of rotatable bonds is 3. The molecule has 1 N–H and O–H groups in total. The first-order valence-electron chi connectivity index (χ1n) is 7.52. The highest BCUT2D eigenvalue weighted by molar-refractivity contribution is 6.66. The van der Waals surface area contributed by atoms with E-state index in [2.05, 4.69) is 19.9 Å². The van der Waals surface area contributed by atoms with Gasteiger partial charge in [0.2, 0.25) is 5.71 Å². The van der Waals surface area contributed by atoms with E-state index in [1.165, 1.54) is 6.07 Å². The molecule has 0 aliphatic carbocycles. The predicted molar refractivity (Wildman–Crippen MR) is 96.7 cm³/mol. The van der Waals surface area contributed by atoms with Crippen LogP contribution in [-0.4, -0.2) is 42.0 Å². The Kier molecular flexibility index (Phi) is 5.09. The average molecular weight is 374 g/mol. The summed E-state index contributed by atoms with van der Waals surface area (Å²) in [5, 5.41) is 12.5. The third kappa shape index (κ3) is 3.34. The van der Waals surface area contributed by atoms with Crippen molar-refractivity contribution in [3.8, 4) is 0 Å². The first kappa shape index (κ1) is 17.8. The number of aliphatic imine (C=N–C) groups is 2. The largest absolute Gasteiger partial charge is 0.464 e. The summed E-state index contributed by atoms with van der Waals surface area (Å²) in [4.78, 5) is 20.6. The number of benzene rings is 2. The van der Waals surface area contributed by atoms with Crippen molar-refractivity contribution in [1.29, 1.82) is 0 Å². The van der Waals surface area contributed by atoms with Crippen molar-refractivity contribution in [2.75, 3.05) is 13.7 Å². The van der Waals surface area contributed by atoms with Gasteiger partial charge >= 0.3 is 5.97 Å². The lowest BCUT2D eigenvalue weighted by Gasteiger charge is -2.09. The third-order valence-electron chi connectivity index (χ3n) is 3.74. The summed E-state index contributed by atoms with van der Waals surface area (Å²) in [5.74, 6) is -1.31. The second kappa shape index (κ2) is 7.45. The molecule has 2 aromatic carbocycles. The Morgan fingerprint density at radius 2 is 2.04 bits per heavy atom. The van der Waals surface area contributed by atoms with Gasteiger partial charge in [0.05, 0.1) is 30.8 Å². The molecule has 0 radical (unpaired) electrons. The third-order valence-corrected chi connectivity index (χ3v) is 3.97. The van der Waals surface area contributed by atoms with Gasteiger partial charge in [0.25, 0.3) is 0 Å². The van der Waals surface area contributed by atoms with E-state index in [1.807, 2.05) is 0 Å². The molecule has 1 aliphatic heterocycles. The van der Waals surface area contributed by atoms with E-state index in [1.54, 1.807) is 36.4 Å². The highest BCUT2D eigenvalue weighted by Crippen LogP contribution is 2.29. The number of fused-ring (bicyclic) bond motifs is 1. The molecular weight excluding hydrogens is 361 g/mol. The molecule has 0 atom stereocenters. The minimum Gasteiger partial charge on any atom is -0.464 e. The molecule has 8 heteroatoms. The van der Waals surface area contributed by atoms with Crippen LogP contribution in [0.15, 0.2) is 57.6 Å². The van der Waals surface area contributed by atoms with Crippen molar-refractivity contribution >= 4 is 40.4 Å². The number of halogens is 2. The second-order valence-corrected chi connectivity index (χ2v) is 5.74. The molecule has 0 amide bonds. The molecule has 0 fully saturated rings. The van der Waals surface area contributed by atoms with Gasteiger partial charge in [-0.05, 0) is 30.3 Å². The van der Waals surface area contributed by atoms with E-state index < -0.39 is 11.8 Å². The van der Waals surface area contributed by atoms with Crippen LogP contribution in [0.1, 0.15) is 11.1 Å². The Balaban J connectivity index is 2.20. The topological polar surface area (TPSA) is 83.6 Å². The van der Waals surface area contributed by atoms with Gasteiger partial charge in [-0.1, -0.05) is 28.9 Å². The number of nitrogens with zero attached hydrogens (tertiary/aromatic N) is 3. The van der Waals surface area contributed by atoms with Crippen molar-refractivity contribution in [3.05, 3.63) is 64.4 Å². The predicted octanol–water partition coefficient (Wildman–Crippen LogP) is 3.41. The highest BCUT2D eigenvalue weighted by Gasteiger charge is 2.25. The summed E-state index contributed by atoms with van der Waals surface area (Å²) in [6, 6.07) is 11.1. The quantitative estimate of drug-likeness (QED) is 0.387. The number of carbonyl (C=O) groups excluding carboxylic acids is 1. The summed E-state index contributed by atoms with van der Waals surface area (Å²) >= 11 is 6.05.